The average molecular weight is 260 g/mol. The molecule has 0 amide bonds. The van der Waals surface area contributed by atoms with Crippen molar-refractivity contribution in [2.45, 2.75) is 18.8 Å². The summed E-state index contributed by atoms with van der Waals surface area (Å²) in [4.78, 5) is 9.76. The van der Waals surface area contributed by atoms with Crippen LogP contribution in [0.1, 0.15) is 12.8 Å². The zero-order chi connectivity index (χ0) is 12.0. The molecule has 6 heteroatoms. The minimum Gasteiger partial charge on any atom is -0.356 e. The zero-order valence-corrected chi connectivity index (χ0v) is 9.87. The van der Waals surface area contributed by atoms with Gasteiger partial charge in [-0.1, -0.05) is 11.6 Å². The van der Waals surface area contributed by atoms with E-state index in [0.29, 0.717) is 30.5 Å². The predicted octanol–water partition coefficient (Wildman–Crippen LogP) is 2.61. The standard InChI is InChI=1S/C11H12ClF2N3/c12-9-3-10(16-6-15-9)17-4-7-1-2-11(13,14)8(7)5-17/h3,6-8H,1-2,4-5H2/t7-,8-/m1/s1. The molecule has 1 saturated carbocycles. The average Bonchev–Trinajstić information content (AvgIpc) is 2.81. The van der Waals surface area contributed by atoms with Crippen LogP contribution in [0.2, 0.25) is 5.15 Å². The molecular weight excluding hydrogens is 248 g/mol. The van der Waals surface area contributed by atoms with Crippen LogP contribution in [0, 0.1) is 11.8 Å². The quantitative estimate of drug-likeness (QED) is 0.726. The maximum absolute atomic E-state index is 13.6. The summed E-state index contributed by atoms with van der Waals surface area (Å²) in [5, 5.41) is 0.346. The number of nitrogens with zero attached hydrogens (tertiary/aromatic N) is 3. The first-order valence-corrected chi connectivity index (χ1v) is 6.04. The Morgan fingerprint density at radius 3 is 2.88 bits per heavy atom. The molecule has 2 fully saturated rings. The van der Waals surface area contributed by atoms with Crippen LogP contribution in [0.5, 0.6) is 0 Å². The van der Waals surface area contributed by atoms with E-state index in [0.717, 1.165) is 0 Å². The maximum Gasteiger partial charge on any atom is 0.252 e. The van der Waals surface area contributed by atoms with E-state index in [1.54, 1.807) is 6.07 Å². The summed E-state index contributed by atoms with van der Waals surface area (Å²) in [5.41, 5.74) is 0. The van der Waals surface area contributed by atoms with Crippen molar-refractivity contribution in [3.05, 3.63) is 17.5 Å². The van der Waals surface area contributed by atoms with Crippen molar-refractivity contribution in [2.75, 3.05) is 18.0 Å². The fraction of sp³-hybridized carbons (Fsp3) is 0.636. The second kappa shape index (κ2) is 3.77. The van der Waals surface area contributed by atoms with Crippen molar-refractivity contribution in [2.24, 2.45) is 11.8 Å². The Hall–Kier alpha value is -0.970. The lowest BCUT2D eigenvalue weighted by Gasteiger charge is -2.20. The van der Waals surface area contributed by atoms with Gasteiger partial charge < -0.3 is 4.90 Å². The number of alkyl halides is 2. The SMILES string of the molecule is FC1(F)CC[C@@H]2CN(c3cc(Cl)ncn3)C[C@H]21. The van der Waals surface area contributed by atoms with E-state index in [1.165, 1.54) is 6.33 Å². The van der Waals surface area contributed by atoms with Gasteiger partial charge >= 0.3 is 0 Å². The molecule has 92 valence electrons. The number of fused-ring (bicyclic) bond motifs is 1. The smallest absolute Gasteiger partial charge is 0.252 e. The molecule has 1 aromatic heterocycles. The Morgan fingerprint density at radius 2 is 2.18 bits per heavy atom. The minimum absolute atomic E-state index is 0.0285. The molecule has 3 rings (SSSR count). The predicted molar refractivity (Wildman–Crippen MR) is 60.4 cm³/mol. The van der Waals surface area contributed by atoms with Gasteiger partial charge in [-0.2, -0.15) is 0 Å². The Balaban J connectivity index is 1.81. The summed E-state index contributed by atoms with van der Waals surface area (Å²) >= 11 is 5.77. The highest BCUT2D eigenvalue weighted by Gasteiger charge is 2.54. The summed E-state index contributed by atoms with van der Waals surface area (Å²) < 4.78 is 27.2. The summed E-state index contributed by atoms with van der Waals surface area (Å²) in [5.74, 6) is -2.32. The van der Waals surface area contributed by atoms with Gasteiger partial charge in [0.25, 0.3) is 5.92 Å². The van der Waals surface area contributed by atoms with E-state index in [2.05, 4.69) is 9.97 Å². The summed E-state index contributed by atoms with van der Waals surface area (Å²) in [6.45, 7) is 1.01. The second-order valence-corrected chi connectivity index (χ2v) is 5.16. The highest BCUT2D eigenvalue weighted by Crippen LogP contribution is 2.48. The van der Waals surface area contributed by atoms with Crippen molar-refractivity contribution in [3.63, 3.8) is 0 Å². The summed E-state index contributed by atoms with van der Waals surface area (Å²) in [6, 6.07) is 1.63. The largest absolute Gasteiger partial charge is 0.356 e. The van der Waals surface area contributed by atoms with E-state index in [9.17, 15) is 8.78 Å². The Kier molecular flexibility index (Phi) is 2.47. The normalized spacial score (nSPS) is 30.6. The molecule has 2 heterocycles. The number of hydrogen-bond acceptors (Lipinski definition) is 3. The van der Waals surface area contributed by atoms with Crippen molar-refractivity contribution in [1.29, 1.82) is 0 Å². The third-order valence-electron chi connectivity index (χ3n) is 3.78. The van der Waals surface area contributed by atoms with Crippen LogP contribution in [0.15, 0.2) is 12.4 Å². The van der Waals surface area contributed by atoms with Gasteiger partial charge in [0, 0.05) is 31.5 Å². The molecule has 3 nitrogen and oxygen atoms in total. The molecule has 0 spiro atoms. The number of rotatable bonds is 1. The molecule has 1 aliphatic carbocycles. The van der Waals surface area contributed by atoms with Gasteiger partial charge in [0.15, 0.2) is 0 Å². The van der Waals surface area contributed by atoms with Gasteiger partial charge in [0.1, 0.15) is 17.3 Å². The number of aromatic nitrogens is 2. The van der Waals surface area contributed by atoms with Gasteiger partial charge in [0.05, 0.1) is 0 Å². The first kappa shape index (κ1) is 11.1. The van der Waals surface area contributed by atoms with Gasteiger partial charge in [-0.25, -0.2) is 18.7 Å². The van der Waals surface area contributed by atoms with E-state index in [1.807, 2.05) is 4.90 Å². The molecule has 1 saturated heterocycles. The van der Waals surface area contributed by atoms with Gasteiger partial charge in [-0.05, 0) is 12.3 Å². The number of halogens is 3. The third-order valence-corrected chi connectivity index (χ3v) is 3.98. The fourth-order valence-electron chi connectivity index (χ4n) is 2.89. The minimum atomic E-state index is -2.52. The van der Waals surface area contributed by atoms with Crippen LogP contribution in [0.3, 0.4) is 0 Å². The van der Waals surface area contributed by atoms with Crippen LogP contribution >= 0.6 is 11.6 Å². The van der Waals surface area contributed by atoms with Gasteiger partial charge in [0.2, 0.25) is 0 Å². The molecule has 0 unspecified atom stereocenters. The molecule has 1 aliphatic heterocycles. The first-order chi connectivity index (χ1) is 8.06. The van der Waals surface area contributed by atoms with E-state index < -0.39 is 11.8 Å². The maximum atomic E-state index is 13.6. The highest BCUT2D eigenvalue weighted by atomic mass is 35.5. The molecule has 1 aromatic rings. The van der Waals surface area contributed by atoms with Crippen LogP contribution in [0.25, 0.3) is 0 Å². The van der Waals surface area contributed by atoms with Crippen LogP contribution in [-0.4, -0.2) is 29.0 Å². The van der Waals surface area contributed by atoms with Crippen LogP contribution in [-0.2, 0) is 0 Å². The van der Waals surface area contributed by atoms with Crippen LogP contribution < -0.4 is 4.90 Å². The zero-order valence-electron chi connectivity index (χ0n) is 9.11. The Morgan fingerprint density at radius 1 is 1.35 bits per heavy atom. The van der Waals surface area contributed by atoms with E-state index >= 15 is 0 Å². The molecular formula is C11H12ClF2N3. The Bertz CT molecular complexity index is 440. The first-order valence-electron chi connectivity index (χ1n) is 5.66. The Labute approximate surface area is 103 Å². The molecule has 0 aromatic carbocycles. The molecule has 2 aliphatic rings. The molecule has 0 N–H and O–H groups in total. The van der Waals surface area contributed by atoms with Crippen LogP contribution in [0.4, 0.5) is 14.6 Å². The molecule has 17 heavy (non-hydrogen) atoms. The number of anilines is 1. The summed E-state index contributed by atoms with van der Waals surface area (Å²) in [6.07, 6.45) is 2.00. The topological polar surface area (TPSA) is 29.0 Å². The van der Waals surface area contributed by atoms with Crippen molar-refractivity contribution < 1.29 is 8.78 Å². The van der Waals surface area contributed by atoms with Gasteiger partial charge in [-0.3, -0.25) is 0 Å². The lowest BCUT2D eigenvalue weighted by Crippen LogP contribution is -2.29. The molecule has 0 radical (unpaired) electrons. The van der Waals surface area contributed by atoms with Gasteiger partial charge in [-0.15, -0.1) is 0 Å². The monoisotopic (exact) mass is 259 g/mol. The fourth-order valence-corrected chi connectivity index (χ4v) is 3.03. The third kappa shape index (κ3) is 1.86. The molecule has 0 bridgehead atoms. The van der Waals surface area contributed by atoms with E-state index in [4.69, 9.17) is 11.6 Å². The second-order valence-electron chi connectivity index (χ2n) is 4.77. The highest BCUT2D eigenvalue weighted by molar-refractivity contribution is 6.29. The molecule has 2 atom stereocenters. The van der Waals surface area contributed by atoms with Crippen molar-refractivity contribution in [1.82, 2.24) is 9.97 Å². The number of hydrogen-bond donors (Lipinski definition) is 0. The van der Waals surface area contributed by atoms with Crippen molar-refractivity contribution >= 4 is 17.4 Å². The van der Waals surface area contributed by atoms with Crippen molar-refractivity contribution in [3.8, 4) is 0 Å². The lowest BCUT2D eigenvalue weighted by atomic mass is 9.99. The lowest BCUT2D eigenvalue weighted by molar-refractivity contribution is -0.0351. The summed E-state index contributed by atoms with van der Waals surface area (Å²) in [7, 11) is 0. The van der Waals surface area contributed by atoms with E-state index in [-0.39, 0.29) is 12.3 Å².